The minimum Gasteiger partial charge on any atom is -0.494 e. The van der Waals surface area contributed by atoms with Crippen LogP contribution in [0, 0.1) is 0 Å². The Morgan fingerprint density at radius 3 is 2.58 bits per heavy atom. The van der Waals surface area contributed by atoms with Gasteiger partial charge in [-0.25, -0.2) is 0 Å². The maximum atomic E-state index is 14.8. The van der Waals surface area contributed by atoms with E-state index in [0.29, 0.717) is 22.3 Å². The summed E-state index contributed by atoms with van der Waals surface area (Å²) in [6.07, 6.45) is 3.41. The van der Waals surface area contributed by atoms with Crippen LogP contribution in [0.3, 0.4) is 0 Å². The van der Waals surface area contributed by atoms with Gasteiger partial charge >= 0.3 is 5.97 Å². The van der Waals surface area contributed by atoms with Crippen LogP contribution in [-0.4, -0.2) is 33.4 Å². The zero-order valence-electron chi connectivity index (χ0n) is 16.4. The number of carbonyl (C=O) groups is 1. The summed E-state index contributed by atoms with van der Waals surface area (Å²) in [4.78, 5) is 14.9. The number of hydrogen-bond acceptors (Lipinski definition) is 4. The molecule has 31 heavy (non-hydrogen) atoms. The van der Waals surface area contributed by atoms with E-state index in [0.717, 1.165) is 0 Å². The molecule has 3 aromatic rings. The first-order valence-corrected chi connectivity index (χ1v) is 10.2. The molecule has 4 rings (SSSR count). The summed E-state index contributed by atoms with van der Waals surface area (Å²) in [7, 11) is 1.45. The second kappa shape index (κ2) is 7.98. The molecule has 2 N–H and O–H groups in total. The van der Waals surface area contributed by atoms with Gasteiger partial charge in [0.05, 0.1) is 6.61 Å². The van der Waals surface area contributed by atoms with E-state index in [1.807, 2.05) is 0 Å². The Morgan fingerprint density at radius 2 is 1.90 bits per heavy atom. The molecule has 5 nitrogen and oxygen atoms in total. The van der Waals surface area contributed by atoms with E-state index < -0.39 is 17.2 Å². The second-order valence-electron chi connectivity index (χ2n) is 7.36. The summed E-state index contributed by atoms with van der Waals surface area (Å²) >= 11 is 0. The molecule has 0 fully saturated rings. The zero-order chi connectivity index (χ0) is 22.2. The molecule has 1 aliphatic carbocycles. The number of rotatable bonds is 7. The quantitative estimate of drug-likeness (QED) is 0.410. The van der Waals surface area contributed by atoms with Crippen LogP contribution in [0.4, 0.5) is 8.78 Å². The molecule has 160 valence electrons. The predicted octanol–water partition coefficient (Wildman–Crippen LogP) is 4.68. The van der Waals surface area contributed by atoms with Crippen molar-refractivity contribution >= 4 is 15.2 Å². The van der Waals surface area contributed by atoms with Gasteiger partial charge in [0.1, 0.15) is 5.75 Å². The van der Waals surface area contributed by atoms with Crippen molar-refractivity contribution in [2.24, 2.45) is 0 Å². The Labute approximate surface area is 179 Å². The number of aliphatic hydroxyl groups is 1. The van der Waals surface area contributed by atoms with Crippen molar-refractivity contribution in [1.82, 2.24) is 4.98 Å². The lowest BCUT2D eigenvalue weighted by Crippen LogP contribution is -2.40. The summed E-state index contributed by atoms with van der Waals surface area (Å²) in [5.74, 6) is -0.676. The molecule has 2 atom stereocenters. The van der Waals surface area contributed by atoms with Crippen molar-refractivity contribution < 1.29 is 28.5 Å². The highest BCUT2D eigenvalue weighted by Crippen LogP contribution is 2.59. The van der Waals surface area contributed by atoms with Crippen molar-refractivity contribution in [2.45, 2.75) is 24.1 Å². The third-order valence-electron chi connectivity index (χ3n) is 5.35. The smallest absolute Gasteiger partial charge is 0.303 e. The molecule has 2 aromatic carbocycles. The minimum atomic E-state index is -3.55. The predicted molar refractivity (Wildman–Crippen MR) is 115 cm³/mol. The number of nitrogens with zero attached hydrogens (tertiary/aromatic N) is 1. The fraction of sp³-hybridized carbons (Fsp3) is 0.217. The Bertz CT molecular complexity index is 1130. The molecule has 2 unspecified atom stereocenters. The van der Waals surface area contributed by atoms with Crippen LogP contribution >= 0.6 is 9.24 Å². The normalized spacial score (nSPS) is 17.2. The summed E-state index contributed by atoms with van der Waals surface area (Å²) < 4.78 is 35.4. The maximum absolute atomic E-state index is 14.8. The third-order valence-corrected chi connectivity index (χ3v) is 5.76. The molecule has 0 spiro atoms. The molecule has 1 heterocycles. The van der Waals surface area contributed by atoms with Gasteiger partial charge in [-0.15, -0.1) is 0 Å². The van der Waals surface area contributed by atoms with E-state index in [9.17, 15) is 18.7 Å². The standard InChI is InChI=1S/C23H20F2NO4P/c24-23(25,31)22(29)18-7-2-1-6-16(18)21-17(14-5-3-9-26-13-14)11-15(12-19(21)22)30-10-4-8-20(27)28/h1-3,5-7,9,11-13,29H,4,8,10,31H2,(H,27,28). The molecule has 1 aromatic heterocycles. The van der Waals surface area contributed by atoms with Gasteiger partial charge < -0.3 is 14.9 Å². The molecule has 0 aliphatic heterocycles. The molecular weight excluding hydrogens is 423 g/mol. The van der Waals surface area contributed by atoms with E-state index >= 15 is 0 Å². The lowest BCUT2D eigenvalue weighted by molar-refractivity contribution is -0.137. The van der Waals surface area contributed by atoms with Crippen LogP contribution in [0.5, 0.6) is 5.75 Å². The average Bonchev–Trinajstić information content (AvgIpc) is 3.01. The monoisotopic (exact) mass is 443 g/mol. The number of aromatic nitrogens is 1. The molecule has 1 aliphatic rings. The number of alkyl halides is 2. The number of carboxylic acids is 1. The Balaban J connectivity index is 1.91. The maximum Gasteiger partial charge on any atom is 0.303 e. The number of hydrogen-bond donors (Lipinski definition) is 2. The lowest BCUT2D eigenvalue weighted by Gasteiger charge is -2.32. The van der Waals surface area contributed by atoms with Gasteiger partial charge in [0.15, 0.2) is 5.60 Å². The highest BCUT2D eigenvalue weighted by Gasteiger charge is 2.57. The van der Waals surface area contributed by atoms with Crippen LogP contribution in [0.25, 0.3) is 22.3 Å². The summed E-state index contributed by atoms with van der Waals surface area (Å²) in [6, 6.07) is 13.2. The fourth-order valence-electron chi connectivity index (χ4n) is 3.96. The summed E-state index contributed by atoms with van der Waals surface area (Å²) in [5, 5.41) is 20.2. The second-order valence-corrected chi connectivity index (χ2v) is 8.08. The first-order valence-electron chi connectivity index (χ1n) is 9.66. The van der Waals surface area contributed by atoms with Crippen molar-refractivity contribution in [3.05, 3.63) is 72.1 Å². The van der Waals surface area contributed by atoms with Gasteiger partial charge in [-0.05, 0) is 41.3 Å². The van der Waals surface area contributed by atoms with Gasteiger partial charge in [-0.2, -0.15) is 8.78 Å². The number of carboxylic acid groups (broad SMARTS) is 1. The van der Waals surface area contributed by atoms with E-state index in [-0.39, 0.29) is 36.3 Å². The van der Waals surface area contributed by atoms with Crippen molar-refractivity contribution in [3.63, 3.8) is 0 Å². The minimum absolute atomic E-state index is 0.0308. The van der Waals surface area contributed by atoms with Crippen LogP contribution in [0.15, 0.2) is 60.9 Å². The lowest BCUT2D eigenvalue weighted by atomic mass is 9.89. The van der Waals surface area contributed by atoms with E-state index in [1.54, 1.807) is 48.8 Å². The van der Waals surface area contributed by atoms with Crippen molar-refractivity contribution in [3.8, 4) is 28.0 Å². The van der Waals surface area contributed by atoms with Crippen LogP contribution < -0.4 is 4.74 Å². The molecule has 0 amide bonds. The first-order chi connectivity index (χ1) is 14.7. The molecule has 8 heteroatoms. The van der Waals surface area contributed by atoms with Gasteiger partial charge in [0, 0.05) is 35.5 Å². The van der Waals surface area contributed by atoms with E-state index in [2.05, 4.69) is 4.98 Å². The molecule has 0 radical (unpaired) electrons. The Morgan fingerprint density at radius 1 is 1.13 bits per heavy atom. The molecule has 0 saturated heterocycles. The zero-order valence-corrected chi connectivity index (χ0v) is 17.5. The number of pyridine rings is 1. The van der Waals surface area contributed by atoms with Crippen LogP contribution in [0.1, 0.15) is 24.0 Å². The number of aliphatic carboxylic acids is 1. The number of benzene rings is 2. The summed E-state index contributed by atoms with van der Waals surface area (Å²) in [5.41, 5.74) is -3.70. The number of halogens is 2. The van der Waals surface area contributed by atoms with Crippen molar-refractivity contribution in [2.75, 3.05) is 6.61 Å². The Hall–Kier alpha value is -2.89. The van der Waals surface area contributed by atoms with Gasteiger partial charge in [0.25, 0.3) is 5.66 Å². The molecule has 0 bridgehead atoms. The molecule has 0 saturated carbocycles. The first kappa shape index (κ1) is 21.3. The average molecular weight is 443 g/mol. The number of fused-ring (bicyclic) bond motifs is 3. The third kappa shape index (κ3) is 3.68. The van der Waals surface area contributed by atoms with Crippen LogP contribution in [0.2, 0.25) is 0 Å². The largest absolute Gasteiger partial charge is 0.494 e. The van der Waals surface area contributed by atoms with Gasteiger partial charge in [0.2, 0.25) is 0 Å². The van der Waals surface area contributed by atoms with Gasteiger partial charge in [-0.3, -0.25) is 9.78 Å². The van der Waals surface area contributed by atoms with Crippen LogP contribution in [-0.2, 0) is 10.4 Å². The van der Waals surface area contributed by atoms with E-state index in [1.165, 1.54) is 21.4 Å². The fourth-order valence-corrected chi connectivity index (χ4v) is 4.27. The van der Waals surface area contributed by atoms with Crippen molar-refractivity contribution in [1.29, 1.82) is 0 Å². The molecular formula is C23H20F2NO4P. The number of ether oxygens (including phenoxy) is 1. The summed E-state index contributed by atoms with van der Waals surface area (Å²) in [6.45, 7) is 0.0974. The Kier molecular flexibility index (Phi) is 5.50. The van der Waals surface area contributed by atoms with E-state index in [4.69, 9.17) is 9.84 Å². The highest BCUT2D eigenvalue weighted by molar-refractivity contribution is 7.18. The topological polar surface area (TPSA) is 79.7 Å². The highest BCUT2D eigenvalue weighted by atomic mass is 31.0. The SMILES string of the molecule is O=C(O)CCCOc1cc(-c2cccnc2)c2c(c1)C(O)(C(F)(F)P)c1ccccc1-2. The van der Waals surface area contributed by atoms with Gasteiger partial charge in [-0.1, -0.05) is 39.6 Å².